The third-order valence-electron chi connectivity index (χ3n) is 4.63. The molecule has 150 valence electrons. The molecule has 0 unspecified atom stereocenters. The summed E-state index contributed by atoms with van der Waals surface area (Å²) in [6, 6.07) is 16.4. The summed E-state index contributed by atoms with van der Waals surface area (Å²) < 4.78 is 27.9. The number of sulfonamides is 1. The second-order valence-corrected chi connectivity index (χ2v) is 8.96. The monoisotopic (exact) mass is 428 g/mol. The van der Waals surface area contributed by atoms with Gasteiger partial charge in [0.25, 0.3) is 15.9 Å². The summed E-state index contributed by atoms with van der Waals surface area (Å²) in [5.74, 6) is -0.319. The first-order valence-electron chi connectivity index (χ1n) is 8.93. The lowest BCUT2D eigenvalue weighted by atomic mass is 10.1. The minimum absolute atomic E-state index is 0.0892. The summed E-state index contributed by atoms with van der Waals surface area (Å²) in [5.41, 5.74) is 4.28. The molecule has 7 heteroatoms. The van der Waals surface area contributed by atoms with Gasteiger partial charge in [0, 0.05) is 16.3 Å². The highest BCUT2D eigenvalue weighted by Gasteiger charge is 2.17. The number of aryl methyl sites for hydroxylation is 3. The topological polar surface area (TPSA) is 75.3 Å². The zero-order valence-corrected chi connectivity index (χ0v) is 17.9. The van der Waals surface area contributed by atoms with Crippen LogP contribution in [0.2, 0.25) is 5.02 Å². The number of benzene rings is 3. The predicted octanol–water partition coefficient (Wildman–Crippen LogP) is 5.32. The molecular formula is C22H21ClN2O3S. The first kappa shape index (κ1) is 20.9. The van der Waals surface area contributed by atoms with Crippen molar-refractivity contribution in [1.29, 1.82) is 0 Å². The largest absolute Gasteiger partial charge is 0.322 e. The van der Waals surface area contributed by atoms with Gasteiger partial charge in [-0.2, -0.15) is 0 Å². The Labute approximate surface area is 175 Å². The minimum Gasteiger partial charge on any atom is -0.322 e. The summed E-state index contributed by atoms with van der Waals surface area (Å²) in [5, 5.41) is 3.29. The molecule has 2 N–H and O–H groups in total. The summed E-state index contributed by atoms with van der Waals surface area (Å²) >= 11 is 5.83. The predicted molar refractivity (Wildman–Crippen MR) is 117 cm³/mol. The van der Waals surface area contributed by atoms with Crippen LogP contribution >= 0.6 is 11.6 Å². The number of rotatable bonds is 5. The number of amides is 1. The highest BCUT2D eigenvalue weighted by molar-refractivity contribution is 7.92. The van der Waals surface area contributed by atoms with E-state index >= 15 is 0 Å². The van der Waals surface area contributed by atoms with E-state index < -0.39 is 10.0 Å². The second-order valence-electron chi connectivity index (χ2n) is 6.84. The first-order valence-corrected chi connectivity index (χ1v) is 10.8. The maximum absolute atomic E-state index is 12.7. The fourth-order valence-electron chi connectivity index (χ4n) is 2.71. The van der Waals surface area contributed by atoms with Gasteiger partial charge < -0.3 is 5.32 Å². The Kier molecular flexibility index (Phi) is 5.96. The Morgan fingerprint density at radius 2 is 1.48 bits per heavy atom. The molecule has 0 atom stereocenters. The summed E-state index contributed by atoms with van der Waals surface area (Å²) in [4.78, 5) is 12.7. The van der Waals surface area contributed by atoms with Gasteiger partial charge in [0.1, 0.15) is 0 Å². The number of halogens is 1. The van der Waals surface area contributed by atoms with Crippen molar-refractivity contribution < 1.29 is 13.2 Å². The number of hydrogen-bond donors (Lipinski definition) is 2. The molecule has 0 aliphatic rings. The van der Waals surface area contributed by atoms with E-state index in [0.29, 0.717) is 27.5 Å². The van der Waals surface area contributed by atoms with Crippen LogP contribution in [0.3, 0.4) is 0 Å². The third kappa shape index (κ3) is 4.96. The Morgan fingerprint density at radius 3 is 2.14 bits per heavy atom. The zero-order chi connectivity index (χ0) is 21.2. The van der Waals surface area contributed by atoms with Gasteiger partial charge in [-0.25, -0.2) is 8.42 Å². The average molecular weight is 429 g/mol. The maximum Gasteiger partial charge on any atom is 0.261 e. The van der Waals surface area contributed by atoms with Gasteiger partial charge in [-0.3, -0.25) is 9.52 Å². The minimum atomic E-state index is -3.80. The Hall–Kier alpha value is -2.83. The van der Waals surface area contributed by atoms with E-state index in [1.54, 1.807) is 19.1 Å². The van der Waals surface area contributed by atoms with Crippen LogP contribution in [0.5, 0.6) is 0 Å². The number of anilines is 2. The maximum atomic E-state index is 12.7. The van der Waals surface area contributed by atoms with Gasteiger partial charge in [0.05, 0.1) is 10.6 Å². The van der Waals surface area contributed by atoms with Crippen molar-refractivity contribution >= 4 is 38.9 Å². The lowest BCUT2D eigenvalue weighted by molar-refractivity contribution is 0.102. The standard InChI is InChI=1S/C22H21ClN2O3S/c1-14-5-9-19(12-16(14)3)24-22(26)17-6-4-15(2)21(13-17)25-29(27,28)20-10-7-18(23)8-11-20/h4-13,25H,1-3H3,(H,24,26). The van der Waals surface area contributed by atoms with E-state index in [0.717, 1.165) is 11.1 Å². The fourth-order valence-corrected chi connectivity index (χ4v) is 3.96. The van der Waals surface area contributed by atoms with E-state index in [9.17, 15) is 13.2 Å². The van der Waals surface area contributed by atoms with Gasteiger partial charge in [-0.15, -0.1) is 0 Å². The quantitative estimate of drug-likeness (QED) is 0.577. The molecule has 0 saturated heterocycles. The van der Waals surface area contributed by atoms with Crippen LogP contribution < -0.4 is 10.0 Å². The lowest BCUT2D eigenvalue weighted by Gasteiger charge is -2.13. The van der Waals surface area contributed by atoms with Crippen LogP contribution in [0.1, 0.15) is 27.0 Å². The van der Waals surface area contributed by atoms with Gasteiger partial charge in [-0.05, 0) is 86.0 Å². The van der Waals surface area contributed by atoms with E-state index in [1.165, 1.54) is 30.3 Å². The second kappa shape index (κ2) is 8.27. The Bertz CT molecular complexity index is 1170. The normalized spacial score (nSPS) is 11.2. The van der Waals surface area contributed by atoms with Crippen LogP contribution in [0.15, 0.2) is 65.6 Å². The zero-order valence-electron chi connectivity index (χ0n) is 16.3. The van der Waals surface area contributed by atoms with Crippen molar-refractivity contribution in [3.8, 4) is 0 Å². The van der Waals surface area contributed by atoms with Crippen LogP contribution in [0.4, 0.5) is 11.4 Å². The van der Waals surface area contributed by atoms with Gasteiger partial charge in [-0.1, -0.05) is 23.7 Å². The molecule has 0 saturated carbocycles. The van der Waals surface area contributed by atoms with Crippen molar-refractivity contribution in [2.45, 2.75) is 25.7 Å². The van der Waals surface area contributed by atoms with E-state index in [1.807, 2.05) is 32.0 Å². The first-order chi connectivity index (χ1) is 13.7. The lowest BCUT2D eigenvalue weighted by Crippen LogP contribution is -2.16. The van der Waals surface area contributed by atoms with Gasteiger partial charge in [0.2, 0.25) is 0 Å². The molecule has 5 nitrogen and oxygen atoms in total. The molecule has 0 spiro atoms. The van der Waals surface area contributed by atoms with Crippen molar-refractivity contribution in [1.82, 2.24) is 0 Å². The Balaban J connectivity index is 1.84. The molecular weight excluding hydrogens is 408 g/mol. The summed E-state index contributed by atoms with van der Waals surface area (Å²) in [7, 11) is -3.80. The van der Waals surface area contributed by atoms with Crippen molar-refractivity contribution in [2.24, 2.45) is 0 Å². The number of hydrogen-bond acceptors (Lipinski definition) is 3. The average Bonchev–Trinajstić information content (AvgIpc) is 2.66. The third-order valence-corrected chi connectivity index (χ3v) is 6.27. The van der Waals surface area contributed by atoms with Gasteiger partial charge >= 0.3 is 0 Å². The molecule has 0 bridgehead atoms. The molecule has 3 aromatic rings. The van der Waals surface area contributed by atoms with Crippen LogP contribution in [-0.4, -0.2) is 14.3 Å². The van der Waals surface area contributed by atoms with Gasteiger partial charge in [0.15, 0.2) is 0 Å². The number of carbonyl (C=O) groups is 1. The molecule has 3 rings (SSSR count). The molecule has 29 heavy (non-hydrogen) atoms. The molecule has 0 fully saturated rings. The molecule has 0 aromatic heterocycles. The number of carbonyl (C=O) groups excluding carboxylic acids is 1. The molecule has 0 aliphatic heterocycles. The van der Waals surface area contributed by atoms with E-state index in [-0.39, 0.29) is 10.8 Å². The molecule has 0 heterocycles. The summed E-state index contributed by atoms with van der Waals surface area (Å²) in [6.07, 6.45) is 0. The van der Waals surface area contributed by atoms with Crippen LogP contribution in [0.25, 0.3) is 0 Å². The smallest absolute Gasteiger partial charge is 0.261 e. The molecule has 0 radical (unpaired) electrons. The number of nitrogens with one attached hydrogen (secondary N) is 2. The van der Waals surface area contributed by atoms with Crippen LogP contribution in [-0.2, 0) is 10.0 Å². The molecule has 3 aromatic carbocycles. The van der Waals surface area contributed by atoms with Crippen molar-refractivity contribution in [3.05, 3.63) is 87.9 Å². The highest BCUT2D eigenvalue weighted by Crippen LogP contribution is 2.23. The van der Waals surface area contributed by atoms with E-state index in [4.69, 9.17) is 11.6 Å². The Morgan fingerprint density at radius 1 is 0.828 bits per heavy atom. The van der Waals surface area contributed by atoms with Crippen molar-refractivity contribution in [2.75, 3.05) is 10.0 Å². The van der Waals surface area contributed by atoms with Crippen LogP contribution in [0, 0.1) is 20.8 Å². The molecule has 0 aliphatic carbocycles. The highest BCUT2D eigenvalue weighted by atomic mass is 35.5. The fraction of sp³-hybridized carbons (Fsp3) is 0.136. The summed E-state index contributed by atoms with van der Waals surface area (Å²) in [6.45, 7) is 5.74. The SMILES string of the molecule is Cc1ccc(NC(=O)c2ccc(C)c(NS(=O)(=O)c3ccc(Cl)cc3)c2)cc1C. The van der Waals surface area contributed by atoms with Crippen molar-refractivity contribution in [3.63, 3.8) is 0 Å². The van der Waals surface area contributed by atoms with E-state index in [2.05, 4.69) is 10.0 Å². The molecule has 1 amide bonds.